The number of unbranched alkanes of at least 4 members (excludes halogenated alkanes) is 1. The van der Waals surface area contributed by atoms with Gasteiger partial charge in [-0.1, -0.05) is 0 Å². The zero-order valence-electron chi connectivity index (χ0n) is 15.6. The summed E-state index contributed by atoms with van der Waals surface area (Å²) in [6.07, 6.45) is 5.79. The molecule has 0 aromatic rings. The zero-order valence-corrected chi connectivity index (χ0v) is 18.7. The van der Waals surface area contributed by atoms with Crippen molar-refractivity contribution in [1.82, 2.24) is 15.5 Å². The minimum absolute atomic E-state index is 0. The summed E-state index contributed by atoms with van der Waals surface area (Å²) in [5.41, 5.74) is 0. The molecule has 0 amide bonds. The molecule has 0 saturated carbocycles. The second-order valence-corrected chi connectivity index (χ2v) is 6.50. The molecular weight excluding hydrogens is 423 g/mol. The summed E-state index contributed by atoms with van der Waals surface area (Å²) in [5.74, 6) is 2.13. The van der Waals surface area contributed by atoms with Crippen LogP contribution < -0.4 is 10.6 Å². The summed E-state index contributed by atoms with van der Waals surface area (Å²) in [4.78, 5) is 6.86. The standard InChI is InChI=1S/C16H36N4OS.HI/c1-6-17-16(18-11-8-9-13-22-5)19-14-15(21-7-2)10-12-20(3)4;/h15H,6-14H2,1-5H3,(H2,17,18,19);1H. The van der Waals surface area contributed by atoms with Crippen molar-refractivity contribution in [3.05, 3.63) is 0 Å². The fraction of sp³-hybridized carbons (Fsp3) is 0.938. The summed E-state index contributed by atoms with van der Waals surface area (Å²) >= 11 is 1.90. The normalized spacial score (nSPS) is 12.9. The van der Waals surface area contributed by atoms with E-state index in [0.717, 1.165) is 38.6 Å². The summed E-state index contributed by atoms with van der Waals surface area (Å²) in [7, 11) is 4.18. The Morgan fingerprint density at radius 3 is 2.52 bits per heavy atom. The molecule has 0 rings (SSSR count). The molecule has 0 bridgehead atoms. The lowest BCUT2D eigenvalue weighted by molar-refractivity contribution is 0.0582. The highest BCUT2D eigenvalue weighted by Gasteiger charge is 2.09. The number of aliphatic imine (C=N–C) groups is 1. The fourth-order valence-electron chi connectivity index (χ4n) is 1.98. The summed E-state index contributed by atoms with van der Waals surface area (Å²) in [5, 5.41) is 6.71. The van der Waals surface area contributed by atoms with Crippen LogP contribution in [0.4, 0.5) is 0 Å². The Labute approximate surface area is 164 Å². The van der Waals surface area contributed by atoms with Gasteiger partial charge >= 0.3 is 0 Å². The molecule has 0 spiro atoms. The number of nitrogens with zero attached hydrogens (tertiary/aromatic N) is 2. The Morgan fingerprint density at radius 2 is 1.96 bits per heavy atom. The van der Waals surface area contributed by atoms with Gasteiger partial charge in [0.1, 0.15) is 0 Å². The molecule has 0 radical (unpaired) electrons. The number of nitrogens with one attached hydrogen (secondary N) is 2. The molecule has 23 heavy (non-hydrogen) atoms. The van der Waals surface area contributed by atoms with E-state index in [-0.39, 0.29) is 30.1 Å². The lowest BCUT2D eigenvalue weighted by atomic mass is 10.2. The lowest BCUT2D eigenvalue weighted by Gasteiger charge is -2.18. The van der Waals surface area contributed by atoms with Crippen molar-refractivity contribution >= 4 is 41.7 Å². The highest BCUT2D eigenvalue weighted by molar-refractivity contribution is 14.0. The van der Waals surface area contributed by atoms with Gasteiger partial charge in [-0.15, -0.1) is 24.0 Å². The largest absolute Gasteiger partial charge is 0.377 e. The highest BCUT2D eigenvalue weighted by Crippen LogP contribution is 2.01. The molecule has 0 heterocycles. The van der Waals surface area contributed by atoms with Crippen LogP contribution in [0.25, 0.3) is 0 Å². The number of hydrogen-bond acceptors (Lipinski definition) is 4. The third kappa shape index (κ3) is 16.9. The number of hydrogen-bond donors (Lipinski definition) is 2. The van der Waals surface area contributed by atoms with Gasteiger partial charge in [-0.3, -0.25) is 4.99 Å². The minimum Gasteiger partial charge on any atom is -0.377 e. The van der Waals surface area contributed by atoms with E-state index < -0.39 is 0 Å². The average Bonchev–Trinajstić information content (AvgIpc) is 2.49. The Kier molecular flexibility index (Phi) is 20.6. The summed E-state index contributed by atoms with van der Waals surface area (Å²) < 4.78 is 5.79. The van der Waals surface area contributed by atoms with Gasteiger partial charge in [-0.05, 0) is 59.2 Å². The van der Waals surface area contributed by atoms with E-state index in [0.29, 0.717) is 6.54 Å². The summed E-state index contributed by atoms with van der Waals surface area (Å²) in [6.45, 7) is 8.47. The Hall–Kier alpha value is 0.270. The van der Waals surface area contributed by atoms with Crippen LogP contribution in [0, 0.1) is 0 Å². The molecule has 0 saturated heterocycles. The Morgan fingerprint density at radius 1 is 1.22 bits per heavy atom. The number of guanidine groups is 1. The van der Waals surface area contributed by atoms with Crippen molar-refractivity contribution in [3.8, 4) is 0 Å². The second kappa shape index (κ2) is 18.6. The zero-order chi connectivity index (χ0) is 16.6. The van der Waals surface area contributed by atoms with Crippen molar-refractivity contribution in [1.29, 1.82) is 0 Å². The fourth-order valence-corrected chi connectivity index (χ4v) is 2.47. The maximum atomic E-state index is 5.79. The molecule has 0 aliphatic heterocycles. The van der Waals surface area contributed by atoms with Gasteiger partial charge in [0.05, 0.1) is 12.6 Å². The van der Waals surface area contributed by atoms with Gasteiger partial charge in [0.25, 0.3) is 0 Å². The Bertz CT molecular complexity index is 281. The number of halogens is 1. The molecule has 1 unspecified atom stereocenters. The van der Waals surface area contributed by atoms with Crippen LogP contribution in [-0.4, -0.2) is 75.9 Å². The molecule has 0 aromatic heterocycles. The van der Waals surface area contributed by atoms with Gasteiger partial charge in [0, 0.05) is 26.2 Å². The quantitative estimate of drug-likeness (QED) is 0.192. The lowest BCUT2D eigenvalue weighted by Crippen LogP contribution is -2.38. The minimum atomic E-state index is 0. The van der Waals surface area contributed by atoms with Crippen LogP contribution >= 0.6 is 35.7 Å². The van der Waals surface area contributed by atoms with E-state index >= 15 is 0 Å². The van der Waals surface area contributed by atoms with E-state index in [1.807, 2.05) is 18.7 Å². The van der Waals surface area contributed by atoms with E-state index in [2.05, 4.69) is 47.8 Å². The first-order chi connectivity index (χ1) is 10.6. The summed E-state index contributed by atoms with van der Waals surface area (Å²) in [6, 6.07) is 0. The van der Waals surface area contributed by atoms with Gasteiger partial charge in [-0.25, -0.2) is 0 Å². The first-order valence-electron chi connectivity index (χ1n) is 8.41. The van der Waals surface area contributed by atoms with Gasteiger partial charge in [0.15, 0.2) is 5.96 Å². The molecule has 0 fully saturated rings. The van der Waals surface area contributed by atoms with E-state index in [4.69, 9.17) is 4.74 Å². The second-order valence-electron chi connectivity index (χ2n) is 5.52. The van der Waals surface area contributed by atoms with E-state index in [9.17, 15) is 0 Å². The number of ether oxygens (including phenoxy) is 1. The molecule has 7 heteroatoms. The van der Waals surface area contributed by atoms with Crippen molar-refractivity contribution in [2.75, 3.05) is 58.9 Å². The predicted molar refractivity (Wildman–Crippen MR) is 116 cm³/mol. The van der Waals surface area contributed by atoms with Crippen molar-refractivity contribution in [2.45, 2.75) is 39.2 Å². The topological polar surface area (TPSA) is 48.9 Å². The Balaban J connectivity index is 0. The number of rotatable bonds is 13. The third-order valence-electron chi connectivity index (χ3n) is 3.17. The monoisotopic (exact) mass is 460 g/mol. The van der Waals surface area contributed by atoms with Gasteiger partial charge in [-0.2, -0.15) is 11.8 Å². The molecule has 5 nitrogen and oxygen atoms in total. The van der Waals surface area contributed by atoms with Crippen molar-refractivity contribution in [3.63, 3.8) is 0 Å². The molecular formula is C16H37IN4OS. The van der Waals surface area contributed by atoms with Crippen LogP contribution in [0.2, 0.25) is 0 Å². The van der Waals surface area contributed by atoms with Crippen LogP contribution in [0.1, 0.15) is 33.1 Å². The molecule has 140 valence electrons. The number of thioether (sulfide) groups is 1. The van der Waals surface area contributed by atoms with Crippen LogP contribution in [0.15, 0.2) is 4.99 Å². The van der Waals surface area contributed by atoms with Gasteiger partial charge in [0.2, 0.25) is 0 Å². The maximum absolute atomic E-state index is 5.79. The van der Waals surface area contributed by atoms with Crippen molar-refractivity contribution < 1.29 is 4.74 Å². The molecule has 0 aliphatic rings. The van der Waals surface area contributed by atoms with E-state index in [1.165, 1.54) is 18.6 Å². The van der Waals surface area contributed by atoms with Crippen LogP contribution in [-0.2, 0) is 4.74 Å². The molecule has 2 N–H and O–H groups in total. The molecule has 0 aliphatic carbocycles. The van der Waals surface area contributed by atoms with Crippen molar-refractivity contribution in [2.24, 2.45) is 4.99 Å². The molecule has 1 atom stereocenters. The average molecular weight is 460 g/mol. The van der Waals surface area contributed by atoms with E-state index in [1.54, 1.807) is 0 Å². The van der Waals surface area contributed by atoms with Crippen LogP contribution in [0.5, 0.6) is 0 Å². The first-order valence-corrected chi connectivity index (χ1v) is 9.80. The smallest absolute Gasteiger partial charge is 0.191 e. The predicted octanol–water partition coefficient (Wildman–Crippen LogP) is 2.66. The first kappa shape index (κ1) is 25.5. The van der Waals surface area contributed by atoms with Crippen LogP contribution in [0.3, 0.4) is 0 Å². The SMILES string of the molecule is CCNC(=NCC(CCN(C)C)OCC)NCCCCSC.I. The van der Waals surface area contributed by atoms with Gasteiger partial charge < -0.3 is 20.3 Å². The third-order valence-corrected chi connectivity index (χ3v) is 3.86. The maximum Gasteiger partial charge on any atom is 0.191 e. The molecule has 0 aromatic carbocycles. The highest BCUT2D eigenvalue weighted by atomic mass is 127.